The summed E-state index contributed by atoms with van der Waals surface area (Å²) in [4.78, 5) is 0. The maximum atomic E-state index is 5.83. The fourth-order valence-corrected chi connectivity index (χ4v) is 2.35. The smallest absolute Gasteiger partial charge is 0.127 e. The molecule has 0 aliphatic heterocycles. The minimum absolute atomic E-state index is 0.713. The lowest BCUT2D eigenvalue weighted by molar-refractivity contribution is 0.438. The third-order valence-electron chi connectivity index (χ3n) is 3.61. The van der Waals surface area contributed by atoms with Gasteiger partial charge in [-0.1, -0.05) is 30.7 Å². The molecule has 1 saturated carbocycles. The summed E-state index contributed by atoms with van der Waals surface area (Å²) in [7, 11) is 0. The molecular weight excluding hydrogens is 196 g/mol. The van der Waals surface area contributed by atoms with Gasteiger partial charge in [-0.25, -0.2) is 0 Å². The van der Waals surface area contributed by atoms with Crippen molar-refractivity contribution in [1.29, 1.82) is 0 Å². The van der Waals surface area contributed by atoms with Crippen LogP contribution in [0.4, 0.5) is 0 Å². The highest BCUT2D eigenvalue weighted by Crippen LogP contribution is 2.50. The maximum absolute atomic E-state index is 5.83. The van der Waals surface area contributed by atoms with E-state index in [1.54, 1.807) is 0 Å². The Morgan fingerprint density at radius 1 is 1.06 bits per heavy atom. The number of allylic oxidation sites excluding steroid dienone is 3. The first-order chi connectivity index (χ1) is 7.74. The molecule has 0 aromatic heterocycles. The lowest BCUT2D eigenvalue weighted by Gasteiger charge is -2.09. The zero-order valence-electron chi connectivity index (χ0n) is 9.68. The number of benzene rings is 1. The summed E-state index contributed by atoms with van der Waals surface area (Å²) in [6, 6.07) is 8.19. The second-order valence-electron chi connectivity index (χ2n) is 4.86. The molecule has 0 amide bonds. The second kappa shape index (κ2) is 3.51. The highest BCUT2D eigenvalue weighted by atomic mass is 16.5. The highest BCUT2D eigenvalue weighted by Gasteiger charge is 2.44. The molecular formula is C15H16O. The van der Waals surface area contributed by atoms with Gasteiger partial charge in [-0.2, -0.15) is 0 Å². The largest absolute Gasteiger partial charge is 0.458 e. The monoisotopic (exact) mass is 212 g/mol. The van der Waals surface area contributed by atoms with E-state index in [0.29, 0.717) is 5.92 Å². The van der Waals surface area contributed by atoms with E-state index in [9.17, 15) is 0 Å². The fraction of sp³-hybridized carbons (Fsp3) is 0.333. The van der Waals surface area contributed by atoms with Gasteiger partial charge >= 0.3 is 0 Å². The lowest BCUT2D eigenvalue weighted by Crippen LogP contribution is -1.96. The summed E-state index contributed by atoms with van der Waals surface area (Å²) in [5, 5.41) is 0. The molecule has 2 aliphatic carbocycles. The number of ether oxygens (including phenoxy) is 1. The molecule has 1 aromatic rings. The average Bonchev–Trinajstić information content (AvgIpc) is 2.93. The van der Waals surface area contributed by atoms with E-state index >= 15 is 0 Å². The minimum atomic E-state index is 0.713. The first-order valence-electron chi connectivity index (χ1n) is 5.88. The molecule has 0 spiro atoms. The van der Waals surface area contributed by atoms with Crippen molar-refractivity contribution >= 4 is 0 Å². The molecule has 1 nitrogen and oxygen atoms in total. The van der Waals surface area contributed by atoms with Crippen LogP contribution < -0.4 is 4.74 Å². The molecule has 0 bridgehead atoms. The van der Waals surface area contributed by atoms with Crippen molar-refractivity contribution in [2.24, 2.45) is 17.8 Å². The first kappa shape index (κ1) is 9.71. The molecule has 3 rings (SSSR count). The number of fused-ring (bicyclic) bond motifs is 1. The summed E-state index contributed by atoms with van der Waals surface area (Å²) in [5.74, 6) is 4.20. The molecule has 16 heavy (non-hydrogen) atoms. The topological polar surface area (TPSA) is 9.23 Å². The molecule has 2 aliphatic rings. The van der Waals surface area contributed by atoms with Crippen molar-refractivity contribution in [3.8, 4) is 5.75 Å². The van der Waals surface area contributed by atoms with Crippen molar-refractivity contribution in [2.75, 3.05) is 0 Å². The fourth-order valence-electron chi connectivity index (χ4n) is 2.35. The van der Waals surface area contributed by atoms with Crippen molar-refractivity contribution in [3.05, 3.63) is 53.8 Å². The summed E-state index contributed by atoms with van der Waals surface area (Å²) in [6.45, 7) is 4.38. The lowest BCUT2D eigenvalue weighted by atomic mass is 10.2. The molecule has 3 unspecified atom stereocenters. The normalized spacial score (nSPS) is 30.6. The van der Waals surface area contributed by atoms with Gasteiger partial charge in [0.2, 0.25) is 0 Å². The van der Waals surface area contributed by atoms with Crippen LogP contribution in [0.25, 0.3) is 0 Å². The first-order valence-corrected chi connectivity index (χ1v) is 5.88. The van der Waals surface area contributed by atoms with E-state index in [1.165, 1.54) is 5.56 Å². The van der Waals surface area contributed by atoms with E-state index in [0.717, 1.165) is 23.3 Å². The molecule has 82 valence electrons. The zero-order chi connectivity index (χ0) is 11.1. The molecule has 0 saturated heterocycles. The van der Waals surface area contributed by atoms with Crippen LogP contribution in [0.3, 0.4) is 0 Å². The van der Waals surface area contributed by atoms with E-state index in [4.69, 9.17) is 4.74 Å². The van der Waals surface area contributed by atoms with Crippen molar-refractivity contribution in [2.45, 2.75) is 13.8 Å². The van der Waals surface area contributed by atoms with Crippen molar-refractivity contribution < 1.29 is 4.74 Å². The molecule has 0 radical (unpaired) electrons. The summed E-state index contributed by atoms with van der Waals surface area (Å²) >= 11 is 0. The van der Waals surface area contributed by atoms with Crippen LogP contribution in [0.2, 0.25) is 0 Å². The predicted octanol–water partition coefficient (Wildman–Crippen LogP) is 3.71. The van der Waals surface area contributed by atoms with Crippen LogP contribution in [0, 0.1) is 24.7 Å². The van der Waals surface area contributed by atoms with Gasteiger partial charge in [0.15, 0.2) is 0 Å². The van der Waals surface area contributed by atoms with Gasteiger partial charge in [-0.3, -0.25) is 0 Å². The quantitative estimate of drug-likeness (QED) is 0.726. The molecule has 0 N–H and O–H groups in total. The van der Waals surface area contributed by atoms with Gasteiger partial charge < -0.3 is 4.74 Å². The van der Waals surface area contributed by atoms with Gasteiger partial charge in [0.25, 0.3) is 0 Å². The average molecular weight is 212 g/mol. The Bertz CT molecular complexity index is 453. The summed E-state index contributed by atoms with van der Waals surface area (Å²) in [5.41, 5.74) is 1.26. The third-order valence-corrected chi connectivity index (χ3v) is 3.61. The van der Waals surface area contributed by atoms with Crippen LogP contribution in [0.15, 0.2) is 48.3 Å². The number of aryl methyl sites for hydroxylation is 1. The molecule has 0 heterocycles. The molecule has 1 fully saturated rings. The number of rotatable bonds is 2. The van der Waals surface area contributed by atoms with Gasteiger partial charge in [0, 0.05) is 0 Å². The van der Waals surface area contributed by atoms with Crippen LogP contribution in [-0.4, -0.2) is 0 Å². The van der Waals surface area contributed by atoms with E-state index in [2.05, 4.69) is 44.2 Å². The second-order valence-corrected chi connectivity index (χ2v) is 4.86. The SMILES string of the molecule is Cc1ccc(OC2=CC3C(C)C3C=C2)cc1. The zero-order valence-corrected chi connectivity index (χ0v) is 9.68. The Labute approximate surface area is 96.4 Å². The van der Waals surface area contributed by atoms with Crippen molar-refractivity contribution in [3.63, 3.8) is 0 Å². The van der Waals surface area contributed by atoms with E-state index < -0.39 is 0 Å². The van der Waals surface area contributed by atoms with Gasteiger partial charge in [0.1, 0.15) is 11.5 Å². The Morgan fingerprint density at radius 3 is 2.50 bits per heavy atom. The Kier molecular flexibility index (Phi) is 2.13. The van der Waals surface area contributed by atoms with Gasteiger partial charge in [-0.05, 0) is 49.0 Å². The summed E-state index contributed by atoms with van der Waals surface area (Å²) in [6.07, 6.45) is 6.64. The van der Waals surface area contributed by atoms with E-state index in [1.807, 2.05) is 12.1 Å². The highest BCUT2D eigenvalue weighted by molar-refractivity contribution is 5.34. The third kappa shape index (κ3) is 1.67. The number of hydrogen-bond acceptors (Lipinski definition) is 1. The summed E-state index contributed by atoms with van der Waals surface area (Å²) < 4.78 is 5.83. The molecule has 1 heteroatoms. The van der Waals surface area contributed by atoms with Gasteiger partial charge in [0.05, 0.1) is 0 Å². The predicted molar refractivity (Wildman–Crippen MR) is 65.2 cm³/mol. The number of hydrogen-bond donors (Lipinski definition) is 0. The van der Waals surface area contributed by atoms with E-state index in [-0.39, 0.29) is 0 Å². The van der Waals surface area contributed by atoms with Crippen LogP contribution in [-0.2, 0) is 0 Å². The standard InChI is InChI=1S/C15H16O/c1-10-3-5-12(6-4-10)16-13-7-8-14-11(2)15(14)9-13/h3-9,11,14-15H,1-2H3. The molecule has 3 atom stereocenters. The van der Waals surface area contributed by atoms with Crippen molar-refractivity contribution in [1.82, 2.24) is 0 Å². The Balaban J connectivity index is 1.74. The minimum Gasteiger partial charge on any atom is -0.458 e. The van der Waals surface area contributed by atoms with Crippen LogP contribution >= 0.6 is 0 Å². The molecule has 1 aromatic carbocycles. The maximum Gasteiger partial charge on any atom is 0.127 e. The van der Waals surface area contributed by atoms with Crippen LogP contribution in [0.5, 0.6) is 5.75 Å². The van der Waals surface area contributed by atoms with Crippen LogP contribution in [0.1, 0.15) is 12.5 Å². The Morgan fingerprint density at radius 2 is 1.81 bits per heavy atom. The Hall–Kier alpha value is -1.50. The van der Waals surface area contributed by atoms with Gasteiger partial charge in [-0.15, -0.1) is 0 Å².